The summed E-state index contributed by atoms with van der Waals surface area (Å²) in [4.78, 5) is 17.0. The first-order chi connectivity index (χ1) is 11.7. The van der Waals surface area contributed by atoms with Crippen LogP contribution < -0.4 is 5.56 Å². The van der Waals surface area contributed by atoms with Crippen LogP contribution in [0, 0.1) is 17.7 Å². The molecule has 118 valence electrons. The lowest BCUT2D eigenvalue weighted by Crippen LogP contribution is -2.31. The fourth-order valence-electron chi connectivity index (χ4n) is 2.72. The van der Waals surface area contributed by atoms with Crippen molar-refractivity contribution in [3.05, 3.63) is 75.6 Å². The van der Waals surface area contributed by atoms with Gasteiger partial charge in [0.25, 0.3) is 5.56 Å². The molecule has 0 radical (unpaired) electrons. The Bertz CT molecular complexity index is 1060. The third-order valence-electron chi connectivity index (χ3n) is 3.90. The van der Waals surface area contributed by atoms with Gasteiger partial charge in [-0.2, -0.15) is 0 Å². The fraction of sp³-hybridized carbons (Fsp3) is 0.158. The Balaban J connectivity index is 1.78. The number of nitrogens with zero attached hydrogens (tertiary/aromatic N) is 2. The van der Waals surface area contributed by atoms with Crippen molar-refractivity contribution in [2.45, 2.75) is 13.2 Å². The first-order valence-electron chi connectivity index (χ1n) is 7.59. The Morgan fingerprint density at radius 3 is 2.79 bits per heavy atom. The van der Waals surface area contributed by atoms with Crippen molar-refractivity contribution in [3.63, 3.8) is 0 Å². The molecule has 1 aliphatic heterocycles. The number of hydrogen-bond donors (Lipinski definition) is 0. The standard InChI is InChI=1S/C19H13FN2O2/c20-15-3-1-2-13(10-15)4-5-14-6-7-16-17(11-14)21-18-12-24-9-8-22(18)19(16)23/h1-3,6-7,10-11H,8-9,12H2. The Labute approximate surface area is 137 Å². The molecule has 2 aromatic carbocycles. The molecule has 1 aliphatic rings. The fourth-order valence-corrected chi connectivity index (χ4v) is 2.72. The van der Waals surface area contributed by atoms with Crippen molar-refractivity contribution in [3.8, 4) is 11.8 Å². The van der Waals surface area contributed by atoms with Crippen LogP contribution in [0.2, 0.25) is 0 Å². The van der Waals surface area contributed by atoms with E-state index in [0.29, 0.717) is 42.0 Å². The van der Waals surface area contributed by atoms with Gasteiger partial charge in [-0.1, -0.05) is 17.9 Å². The lowest BCUT2D eigenvalue weighted by Gasteiger charge is -2.18. The third kappa shape index (κ3) is 2.68. The van der Waals surface area contributed by atoms with Crippen molar-refractivity contribution in [1.29, 1.82) is 0 Å². The summed E-state index contributed by atoms with van der Waals surface area (Å²) >= 11 is 0. The molecule has 3 aromatic rings. The SMILES string of the molecule is O=c1c2ccc(C#Cc3cccc(F)c3)cc2nc2n1CCOC2. The van der Waals surface area contributed by atoms with Gasteiger partial charge in [-0.05, 0) is 36.4 Å². The Morgan fingerprint density at radius 2 is 1.96 bits per heavy atom. The first-order valence-corrected chi connectivity index (χ1v) is 7.59. The van der Waals surface area contributed by atoms with Crippen molar-refractivity contribution in [2.75, 3.05) is 6.61 Å². The van der Waals surface area contributed by atoms with Crippen LogP contribution in [0.4, 0.5) is 4.39 Å². The molecule has 0 unspecified atom stereocenters. The minimum atomic E-state index is -0.318. The lowest BCUT2D eigenvalue weighted by molar-refractivity contribution is 0.0788. The highest BCUT2D eigenvalue weighted by atomic mass is 19.1. The second-order valence-electron chi connectivity index (χ2n) is 5.53. The van der Waals surface area contributed by atoms with Gasteiger partial charge in [0.05, 0.1) is 24.1 Å². The maximum atomic E-state index is 13.2. The largest absolute Gasteiger partial charge is 0.372 e. The number of ether oxygens (including phenoxy) is 1. The molecule has 5 heteroatoms. The highest BCUT2D eigenvalue weighted by molar-refractivity contribution is 5.79. The topological polar surface area (TPSA) is 44.1 Å². The Morgan fingerprint density at radius 1 is 1.12 bits per heavy atom. The highest BCUT2D eigenvalue weighted by Gasteiger charge is 2.14. The molecule has 0 amide bonds. The van der Waals surface area contributed by atoms with Crippen LogP contribution in [0.25, 0.3) is 10.9 Å². The van der Waals surface area contributed by atoms with Crippen LogP contribution >= 0.6 is 0 Å². The van der Waals surface area contributed by atoms with Crippen molar-refractivity contribution in [2.24, 2.45) is 0 Å². The van der Waals surface area contributed by atoms with Gasteiger partial charge < -0.3 is 4.74 Å². The molecule has 0 aliphatic carbocycles. The van der Waals surface area contributed by atoms with Crippen LogP contribution in [0.5, 0.6) is 0 Å². The van der Waals surface area contributed by atoms with Gasteiger partial charge in [0.2, 0.25) is 0 Å². The number of hydrogen-bond acceptors (Lipinski definition) is 3. The molecule has 2 heterocycles. The molecular weight excluding hydrogens is 307 g/mol. The second kappa shape index (κ2) is 5.91. The van der Waals surface area contributed by atoms with E-state index in [9.17, 15) is 9.18 Å². The van der Waals surface area contributed by atoms with E-state index in [-0.39, 0.29) is 11.4 Å². The van der Waals surface area contributed by atoms with Gasteiger partial charge in [0.1, 0.15) is 18.2 Å². The maximum Gasteiger partial charge on any atom is 0.261 e. The van der Waals surface area contributed by atoms with Crippen molar-refractivity contribution in [1.82, 2.24) is 9.55 Å². The van der Waals surface area contributed by atoms with Crippen LogP contribution in [-0.2, 0) is 17.9 Å². The van der Waals surface area contributed by atoms with E-state index in [1.807, 2.05) is 0 Å². The summed E-state index contributed by atoms with van der Waals surface area (Å²) in [5, 5.41) is 0.567. The minimum absolute atomic E-state index is 0.0528. The monoisotopic (exact) mass is 320 g/mol. The zero-order chi connectivity index (χ0) is 16.5. The summed E-state index contributed by atoms with van der Waals surface area (Å²) in [5.74, 6) is 6.22. The molecule has 0 bridgehead atoms. The average molecular weight is 320 g/mol. The molecule has 24 heavy (non-hydrogen) atoms. The molecule has 0 atom stereocenters. The average Bonchev–Trinajstić information content (AvgIpc) is 2.60. The molecule has 0 saturated carbocycles. The summed E-state index contributed by atoms with van der Waals surface area (Å²) in [7, 11) is 0. The van der Waals surface area contributed by atoms with Gasteiger partial charge in [-0.3, -0.25) is 9.36 Å². The van der Waals surface area contributed by atoms with Crippen molar-refractivity contribution >= 4 is 10.9 Å². The maximum absolute atomic E-state index is 13.2. The number of benzene rings is 2. The predicted molar refractivity (Wildman–Crippen MR) is 88.0 cm³/mol. The van der Waals surface area contributed by atoms with Gasteiger partial charge >= 0.3 is 0 Å². The van der Waals surface area contributed by atoms with Crippen molar-refractivity contribution < 1.29 is 9.13 Å². The van der Waals surface area contributed by atoms with Gasteiger partial charge in [0.15, 0.2) is 0 Å². The van der Waals surface area contributed by atoms with E-state index >= 15 is 0 Å². The lowest BCUT2D eigenvalue weighted by atomic mass is 10.1. The zero-order valence-electron chi connectivity index (χ0n) is 12.8. The van der Waals surface area contributed by atoms with E-state index in [1.54, 1.807) is 34.9 Å². The van der Waals surface area contributed by atoms with E-state index < -0.39 is 0 Å². The zero-order valence-corrected chi connectivity index (χ0v) is 12.8. The van der Waals surface area contributed by atoms with Crippen LogP contribution in [0.1, 0.15) is 17.0 Å². The third-order valence-corrected chi connectivity index (χ3v) is 3.90. The van der Waals surface area contributed by atoms with E-state index in [4.69, 9.17) is 4.74 Å². The second-order valence-corrected chi connectivity index (χ2v) is 5.53. The molecule has 0 spiro atoms. The van der Waals surface area contributed by atoms with Crippen LogP contribution in [-0.4, -0.2) is 16.2 Å². The smallest absolute Gasteiger partial charge is 0.261 e. The Kier molecular flexibility index (Phi) is 3.60. The Hall–Kier alpha value is -2.97. The van der Waals surface area contributed by atoms with Crippen LogP contribution in [0.15, 0.2) is 47.3 Å². The number of halogens is 1. The van der Waals surface area contributed by atoms with E-state index in [1.165, 1.54) is 12.1 Å². The molecule has 1 aromatic heterocycles. The summed E-state index contributed by atoms with van der Waals surface area (Å²) in [6.45, 7) is 1.39. The van der Waals surface area contributed by atoms with E-state index in [0.717, 1.165) is 5.56 Å². The number of fused-ring (bicyclic) bond motifs is 2. The minimum Gasteiger partial charge on any atom is -0.372 e. The number of rotatable bonds is 0. The highest BCUT2D eigenvalue weighted by Crippen LogP contribution is 2.14. The molecular formula is C19H13FN2O2. The molecule has 0 fully saturated rings. The van der Waals surface area contributed by atoms with E-state index in [2.05, 4.69) is 16.8 Å². The first kappa shape index (κ1) is 14.6. The normalized spacial score (nSPS) is 13.2. The van der Waals surface area contributed by atoms with Crippen LogP contribution in [0.3, 0.4) is 0 Å². The van der Waals surface area contributed by atoms with Gasteiger partial charge in [-0.25, -0.2) is 9.37 Å². The quantitative estimate of drug-likeness (QED) is 0.598. The van der Waals surface area contributed by atoms with Gasteiger partial charge in [-0.15, -0.1) is 0 Å². The predicted octanol–water partition coefficient (Wildman–Crippen LogP) is 2.47. The summed E-state index contributed by atoms with van der Waals surface area (Å²) in [5.41, 5.74) is 1.87. The molecule has 0 N–H and O–H groups in total. The summed E-state index contributed by atoms with van der Waals surface area (Å²) in [6.07, 6.45) is 0. The summed E-state index contributed by atoms with van der Waals surface area (Å²) in [6, 6.07) is 11.4. The molecule has 0 saturated heterocycles. The molecule has 4 rings (SSSR count). The summed E-state index contributed by atoms with van der Waals surface area (Å²) < 4.78 is 20.2. The van der Waals surface area contributed by atoms with Gasteiger partial charge in [0, 0.05) is 11.1 Å². The molecule has 4 nitrogen and oxygen atoms in total. The number of aromatic nitrogens is 2.